The number of aromatic nitrogens is 4. The molecule has 0 radical (unpaired) electrons. The third kappa shape index (κ3) is 5.86. The van der Waals surface area contributed by atoms with Gasteiger partial charge in [-0.2, -0.15) is 19.0 Å². The third-order valence-electron chi connectivity index (χ3n) is 5.84. The van der Waals surface area contributed by atoms with Gasteiger partial charge in [0, 0.05) is 16.8 Å². The Balaban J connectivity index is 2.27. The molecule has 214 valence electrons. The van der Waals surface area contributed by atoms with Crippen LogP contribution in [0.25, 0.3) is 0 Å². The van der Waals surface area contributed by atoms with Gasteiger partial charge in [0.25, 0.3) is 12.0 Å². The van der Waals surface area contributed by atoms with E-state index in [0.717, 1.165) is 16.7 Å². The third-order valence-corrected chi connectivity index (χ3v) is 5.84. The number of alkyl halides is 6. The summed E-state index contributed by atoms with van der Waals surface area (Å²) in [6.07, 6.45) is -7.90. The van der Waals surface area contributed by atoms with Gasteiger partial charge in [-0.25, -0.2) is 27.5 Å². The van der Waals surface area contributed by atoms with E-state index in [-0.39, 0.29) is 40.5 Å². The van der Waals surface area contributed by atoms with E-state index < -0.39 is 59.7 Å². The Morgan fingerprint density at radius 2 is 1.85 bits per heavy atom. The molecule has 0 amide bonds. The smallest absolute Gasteiger partial charge is 0.352 e. The van der Waals surface area contributed by atoms with E-state index in [4.69, 9.17) is 9.47 Å². The number of rotatable bonds is 10. The summed E-state index contributed by atoms with van der Waals surface area (Å²) in [6.45, 7) is 3.94. The van der Waals surface area contributed by atoms with Crippen LogP contribution in [0.3, 0.4) is 0 Å². The van der Waals surface area contributed by atoms with Crippen molar-refractivity contribution in [1.29, 1.82) is 5.26 Å². The quantitative estimate of drug-likeness (QED) is 0.339. The highest BCUT2D eigenvalue weighted by Gasteiger charge is 2.48. The summed E-state index contributed by atoms with van der Waals surface area (Å²) in [4.78, 5) is 25.0. The number of aryl methyl sites for hydroxylation is 1. The predicted octanol–water partition coefficient (Wildman–Crippen LogP) is 4.97. The standard InChI is InChI=1S/C25H23F6N5O4/c1-5-15-14(8-32)6-13(20(26)27)7-17(15)40-18-19(25(30,31)24(28)29)33-10-36(23(18)38)9-16-11(2)34-21(12(3)37)35-22(16)39-4/h6-7,10,12,20,24,37H,5,9H2,1-4H3. The topological polar surface area (TPSA) is 123 Å². The number of aliphatic hydroxyl groups excluding tert-OH is 1. The fraction of sp³-hybridized carbons (Fsp3) is 0.400. The second kappa shape index (κ2) is 11.9. The van der Waals surface area contributed by atoms with Crippen molar-refractivity contribution in [3.63, 3.8) is 0 Å². The molecule has 15 heteroatoms. The predicted molar refractivity (Wildman–Crippen MR) is 127 cm³/mol. The largest absolute Gasteiger partial charge is 0.481 e. The van der Waals surface area contributed by atoms with E-state index in [1.54, 1.807) is 6.07 Å². The van der Waals surface area contributed by atoms with Gasteiger partial charge >= 0.3 is 12.3 Å². The zero-order valence-corrected chi connectivity index (χ0v) is 21.6. The van der Waals surface area contributed by atoms with Crippen LogP contribution in [-0.2, 0) is 18.9 Å². The first-order valence-corrected chi connectivity index (χ1v) is 11.6. The van der Waals surface area contributed by atoms with Crippen LogP contribution in [0, 0.1) is 18.3 Å². The number of benzene rings is 1. The normalized spacial score (nSPS) is 12.5. The van der Waals surface area contributed by atoms with Gasteiger partial charge in [0.15, 0.2) is 11.5 Å². The molecular formula is C25H23F6N5O4. The molecule has 0 bridgehead atoms. The molecule has 0 fully saturated rings. The Labute approximate surface area is 223 Å². The Morgan fingerprint density at radius 3 is 2.38 bits per heavy atom. The lowest BCUT2D eigenvalue weighted by atomic mass is 10.0. The van der Waals surface area contributed by atoms with Gasteiger partial charge in [-0.05, 0) is 32.4 Å². The molecule has 1 aromatic carbocycles. The Hall–Kier alpha value is -4.19. The van der Waals surface area contributed by atoms with Crippen LogP contribution in [0.1, 0.15) is 65.8 Å². The Kier molecular flexibility index (Phi) is 9.03. The Morgan fingerprint density at radius 1 is 1.18 bits per heavy atom. The average Bonchev–Trinajstić information content (AvgIpc) is 2.90. The van der Waals surface area contributed by atoms with Crippen molar-refractivity contribution in [1.82, 2.24) is 19.5 Å². The number of hydrogen-bond donors (Lipinski definition) is 1. The molecule has 1 atom stereocenters. The van der Waals surface area contributed by atoms with Crippen LogP contribution in [0.5, 0.6) is 17.4 Å². The zero-order chi connectivity index (χ0) is 29.9. The van der Waals surface area contributed by atoms with Crippen molar-refractivity contribution in [2.45, 2.75) is 58.6 Å². The summed E-state index contributed by atoms with van der Waals surface area (Å²) < 4.78 is 94.0. The van der Waals surface area contributed by atoms with Gasteiger partial charge in [-0.3, -0.25) is 9.36 Å². The lowest BCUT2D eigenvalue weighted by Crippen LogP contribution is -2.32. The molecule has 2 aromatic heterocycles. The van der Waals surface area contributed by atoms with E-state index >= 15 is 0 Å². The van der Waals surface area contributed by atoms with Gasteiger partial charge in [0.2, 0.25) is 11.6 Å². The van der Waals surface area contributed by atoms with Crippen LogP contribution >= 0.6 is 0 Å². The number of halogens is 6. The highest BCUT2D eigenvalue weighted by Crippen LogP contribution is 2.40. The van der Waals surface area contributed by atoms with Crippen LogP contribution in [0.15, 0.2) is 23.3 Å². The number of methoxy groups -OCH3 is 1. The van der Waals surface area contributed by atoms with Gasteiger partial charge < -0.3 is 14.6 Å². The lowest BCUT2D eigenvalue weighted by Gasteiger charge is -2.21. The molecule has 0 saturated heterocycles. The minimum absolute atomic E-state index is 0.00109. The molecule has 0 spiro atoms. The molecule has 40 heavy (non-hydrogen) atoms. The van der Waals surface area contributed by atoms with Crippen molar-refractivity contribution in [3.8, 4) is 23.4 Å². The van der Waals surface area contributed by atoms with Crippen LogP contribution in [-0.4, -0.2) is 38.2 Å². The first-order chi connectivity index (χ1) is 18.8. The molecule has 1 unspecified atom stereocenters. The van der Waals surface area contributed by atoms with Crippen LogP contribution in [0.2, 0.25) is 0 Å². The van der Waals surface area contributed by atoms with Gasteiger partial charge in [-0.15, -0.1) is 0 Å². The first-order valence-electron chi connectivity index (χ1n) is 11.6. The summed E-state index contributed by atoms with van der Waals surface area (Å²) in [7, 11) is 1.24. The number of nitriles is 1. The fourth-order valence-electron chi connectivity index (χ4n) is 3.77. The molecule has 2 heterocycles. The van der Waals surface area contributed by atoms with Crippen molar-refractivity contribution >= 4 is 0 Å². The number of aliphatic hydroxyl groups is 1. The molecular weight excluding hydrogens is 548 g/mol. The van der Waals surface area contributed by atoms with E-state index in [2.05, 4.69) is 15.0 Å². The number of nitrogens with zero attached hydrogens (tertiary/aromatic N) is 5. The monoisotopic (exact) mass is 571 g/mol. The van der Waals surface area contributed by atoms with Crippen molar-refractivity contribution < 1.29 is 40.9 Å². The van der Waals surface area contributed by atoms with Gasteiger partial charge in [0.1, 0.15) is 11.9 Å². The summed E-state index contributed by atoms with van der Waals surface area (Å²) in [5.74, 6) is -6.96. The van der Waals surface area contributed by atoms with Crippen molar-refractivity contribution in [3.05, 3.63) is 68.3 Å². The van der Waals surface area contributed by atoms with Crippen molar-refractivity contribution in [2.24, 2.45) is 0 Å². The minimum atomic E-state index is -4.96. The minimum Gasteiger partial charge on any atom is -0.481 e. The average molecular weight is 571 g/mol. The second-order valence-corrected chi connectivity index (χ2v) is 8.52. The summed E-state index contributed by atoms with van der Waals surface area (Å²) >= 11 is 0. The molecule has 0 saturated carbocycles. The molecule has 0 aliphatic rings. The van der Waals surface area contributed by atoms with E-state index in [1.807, 2.05) is 0 Å². The summed E-state index contributed by atoms with van der Waals surface area (Å²) in [5.41, 5.74) is -3.71. The molecule has 0 aliphatic carbocycles. The van der Waals surface area contributed by atoms with E-state index in [0.29, 0.717) is 6.33 Å². The molecule has 9 nitrogen and oxygen atoms in total. The highest BCUT2D eigenvalue weighted by molar-refractivity contribution is 5.52. The molecule has 0 aliphatic heterocycles. The number of hydrogen-bond acceptors (Lipinski definition) is 8. The molecule has 3 aromatic rings. The number of ether oxygens (including phenoxy) is 2. The van der Waals surface area contributed by atoms with Crippen LogP contribution in [0.4, 0.5) is 26.3 Å². The summed E-state index contributed by atoms with van der Waals surface area (Å²) in [5, 5.41) is 19.2. The van der Waals surface area contributed by atoms with E-state index in [9.17, 15) is 41.5 Å². The SMILES string of the molecule is CCc1c(C#N)cc(C(F)F)cc1Oc1c(C(F)(F)C(F)F)ncn(Cc2c(C)nc(C(C)O)nc2OC)c1=O. The molecule has 3 rings (SSSR count). The van der Waals surface area contributed by atoms with Crippen LogP contribution < -0.4 is 15.0 Å². The fourth-order valence-corrected chi connectivity index (χ4v) is 3.77. The zero-order valence-electron chi connectivity index (χ0n) is 21.6. The maximum Gasteiger partial charge on any atom is 0.352 e. The van der Waals surface area contributed by atoms with Gasteiger partial charge in [-0.1, -0.05) is 6.92 Å². The second-order valence-electron chi connectivity index (χ2n) is 8.52. The summed E-state index contributed by atoms with van der Waals surface area (Å²) in [6, 6.07) is 3.31. The lowest BCUT2D eigenvalue weighted by molar-refractivity contribution is -0.139. The van der Waals surface area contributed by atoms with E-state index in [1.165, 1.54) is 27.9 Å². The maximum atomic E-state index is 14.5. The Bertz CT molecular complexity index is 1500. The van der Waals surface area contributed by atoms with Crippen molar-refractivity contribution in [2.75, 3.05) is 7.11 Å². The maximum absolute atomic E-state index is 14.5. The highest BCUT2D eigenvalue weighted by atomic mass is 19.3. The van der Waals surface area contributed by atoms with Gasteiger partial charge in [0.05, 0.1) is 37.2 Å². The molecule has 1 N–H and O–H groups in total. The first kappa shape index (κ1) is 30.4.